The molecule has 2 unspecified atom stereocenters. The molecule has 0 aliphatic carbocycles. The number of fused-ring (bicyclic) bond motifs is 2. The average Bonchev–Trinajstić information content (AvgIpc) is 2.52. The zero-order chi connectivity index (χ0) is 18.4. The third kappa shape index (κ3) is 3.65. The number of nitrogens with one attached hydrogen (secondary N) is 1. The molecule has 2 bridgehead atoms. The van der Waals surface area contributed by atoms with Crippen LogP contribution in [0.1, 0.15) is 94.4 Å². The van der Waals surface area contributed by atoms with Crippen LogP contribution in [0.2, 0.25) is 0 Å². The molecular formula is C22H35NO2. The van der Waals surface area contributed by atoms with Crippen LogP contribution in [0.3, 0.4) is 0 Å². The van der Waals surface area contributed by atoms with Gasteiger partial charge in [-0.15, -0.1) is 0 Å². The summed E-state index contributed by atoms with van der Waals surface area (Å²) in [7, 11) is 0. The van der Waals surface area contributed by atoms with E-state index in [1.54, 1.807) is 0 Å². The molecule has 1 aromatic rings. The largest absolute Gasteiger partial charge is 0.385 e. The molecule has 0 radical (unpaired) electrons. The second kappa shape index (κ2) is 7.02. The molecule has 2 aliphatic rings. The lowest BCUT2D eigenvalue weighted by Gasteiger charge is -2.47. The van der Waals surface area contributed by atoms with Crippen molar-refractivity contribution in [2.45, 2.75) is 89.8 Å². The lowest BCUT2D eigenvalue weighted by molar-refractivity contribution is -0.0812. The Hall–Kier alpha value is -0.900. The molecule has 0 aromatic heterocycles. The van der Waals surface area contributed by atoms with E-state index in [4.69, 9.17) is 4.74 Å². The van der Waals surface area contributed by atoms with Gasteiger partial charge in [-0.25, -0.2) is 0 Å². The van der Waals surface area contributed by atoms with Gasteiger partial charge in [0.05, 0.1) is 18.8 Å². The first-order valence-corrected chi connectivity index (χ1v) is 9.95. The van der Waals surface area contributed by atoms with Gasteiger partial charge in [0.25, 0.3) is 0 Å². The molecule has 3 rings (SSSR count). The quantitative estimate of drug-likeness (QED) is 0.850. The van der Waals surface area contributed by atoms with Crippen molar-refractivity contribution in [2.24, 2.45) is 0 Å². The van der Waals surface area contributed by atoms with Crippen LogP contribution in [0.25, 0.3) is 0 Å². The minimum absolute atomic E-state index is 0.252. The van der Waals surface area contributed by atoms with E-state index in [9.17, 15) is 5.11 Å². The fourth-order valence-electron chi connectivity index (χ4n) is 4.61. The molecule has 3 nitrogen and oxygen atoms in total. The third-order valence-corrected chi connectivity index (χ3v) is 5.88. The number of benzene rings is 1. The van der Waals surface area contributed by atoms with Gasteiger partial charge in [0.1, 0.15) is 0 Å². The van der Waals surface area contributed by atoms with E-state index in [2.05, 4.69) is 59.0 Å². The molecule has 2 aliphatic heterocycles. The maximum Gasteiger partial charge on any atom is 0.0933 e. The number of hydrogen-bond donors (Lipinski definition) is 2. The van der Waals surface area contributed by atoms with Gasteiger partial charge in [-0.05, 0) is 52.8 Å². The first-order valence-electron chi connectivity index (χ1n) is 9.95. The first-order chi connectivity index (χ1) is 11.7. The van der Waals surface area contributed by atoms with E-state index >= 15 is 0 Å². The molecule has 2 fully saturated rings. The summed E-state index contributed by atoms with van der Waals surface area (Å²) >= 11 is 0. The summed E-state index contributed by atoms with van der Waals surface area (Å²) in [5.41, 5.74) is 4.51. The molecule has 3 heteroatoms. The van der Waals surface area contributed by atoms with Gasteiger partial charge in [-0.3, -0.25) is 0 Å². The summed E-state index contributed by atoms with van der Waals surface area (Å²) < 4.78 is 5.70. The summed E-state index contributed by atoms with van der Waals surface area (Å²) in [6.07, 6.45) is 1.48. The number of ether oxygens (including phenoxy) is 1. The molecule has 0 saturated carbocycles. The number of hydrogen-bond acceptors (Lipinski definition) is 3. The topological polar surface area (TPSA) is 41.5 Å². The van der Waals surface area contributed by atoms with Gasteiger partial charge < -0.3 is 15.2 Å². The summed E-state index contributed by atoms with van der Waals surface area (Å²) in [6.45, 7) is 14.9. The van der Waals surface area contributed by atoms with E-state index in [0.717, 1.165) is 12.8 Å². The molecule has 140 valence electrons. The Morgan fingerprint density at radius 3 is 1.80 bits per heavy atom. The molecule has 25 heavy (non-hydrogen) atoms. The molecule has 2 atom stereocenters. The Bertz CT molecular complexity index is 579. The second-order valence-electron chi connectivity index (χ2n) is 9.08. The Balaban J connectivity index is 2.16. The number of piperidine rings is 1. The van der Waals surface area contributed by atoms with Crippen molar-refractivity contribution >= 4 is 0 Å². The Labute approximate surface area is 153 Å². The molecule has 0 spiro atoms. The molecule has 0 amide bonds. The van der Waals surface area contributed by atoms with Crippen LogP contribution in [0, 0.1) is 0 Å². The highest BCUT2D eigenvalue weighted by atomic mass is 16.5. The molecule has 2 heterocycles. The molecule has 1 aromatic carbocycles. The van der Waals surface area contributed by atoms with E-state index in [0.29, 0.717) is 31.0 Å². The van der Waals surface area contributed by atoms with Crippen molar-refractivity contribution in [1.82, 2.24) is 5.32 Å². The van der Waals surface area contributed by atoms with Crippen molar-refractivity contribution in [3.63, 3.8) is 0 Å². The minimum atomic E-state index is -0.751. The molecular weight excluding hydrogens is 310 g/mol. The highest BCUT2D eigenvalue weighted by Gasteiger charge is 2.44. The van der Waals surface area contributed by atoms with Gasteiger partial charge in [-0.2, -0.15) is 0 Å². The standard InChI is InChI=1S/C22H35NO2/c1-13(2)16-7-19(14(3)4)21(20(8-16)15(5)6)22(24)9-17-11-25-12-18(10-22)23-17/h7-8,13-15,17-18,23-24H,9-12H2,1-6H3. The van der Waals surface area contributed by atoms with Gasteiger partial charge >= 0.3 is 0 Å². The van der Waals surface area contributed by atoms with Crippen molar-refractivity contribution in [3.05, 3.63) is 34.4 Å². The number of rotatable bonds is 4. The molecule has 2 saturated heterocycles. The molecule has 2 N–H and O–H groups in total. The highest BCUT2D eigenvalue weighted by molar-refractivity contribution is 5.47. The lowest BCUT2D eigenvalue weighted by Crippen LogP contribution is -2.59. The van der Waals surface area contributed by atoms with Crippen molar-refractivity contribution < 1.29 is 9.84 Å². The zero-order valence-electron chi connectivity index (χ0n) is 16.7. The average molecular weight is 346 g/mol. The fraction of sp³-hybridized carbons (Fsp3) is 0.727. The Morgan fingerprint density at radius 2 is 1.40 bits per heavy atom. The van der Waals surface area contributed by atoms with E-state index in [1.807, 2.05) is 0 Å². The van der Waals surface area contributed by atoms with Crippen LogP contribution in [0.4, 0.5) is 0 Å². The van der Waals surface area contributed by atoms with E-state index < -0.39 is 5.60 Å². The van der Waals surface area contributed by atoms with Gasteiger partial charge in [-0.1, -0.05) is 53.7 Å². The van der Waals surface area contributed by atoms with Crippen molar-refractivity contribution in [2.75, 3.05) is 13.2 Å². The lowest BCUT2D eigenvalue weighted by atomic mass is 9.71. The smallest absolute Gasteiger partial charge is 0.0933 e. The van der Waals surface area contributed by atoms with Gasteiger partial charge in [0, 0.05) is 12.1 Å². The number of aliphatic hydroxyl groups is 1. The summed E-state index contributed by atoms with van der Waals surface area (Å²) in [5.74, 6) is 1.31. The maximum atomic E-state index is 11.8. The Morgan fingerprint density at radius 1 is 0.920 bits per heavy atom. The van der Waals surface area contributed by atoms with Crippen LogP contribution in [0.5, 0.6) is 0 Å². The minimum Gasteiger partial charge on any atom is -0.385 e. The first kappa shape index (κ1) is 18.9. The van der Waals surface area contributed by atoms with Crippen LogP contribution in [0.15, 0.2) is 12.1 Å². The predicted molar refractivity (Wildman–Crippen MR) is 103 cm³/mol. The zero-order valence-corrected chi connectivity index (χ0v) is 16.7. The maximum absolute atomic E-state index is 11.8. The second-order valence-corrected chi connectivity index (χ2v) is 9.08. The normalized spacial score (nSPS) is 29.7. The van der Waals surface area contributed by atoms with Crippen LogP contribution in [-0.2, 0) is 10.3 Å². The number of morpholine rings is 1. The monoisotopic (exact) mass is 345 g/mol. The van der Waals surface area contributed by atoms with Crippen LogP contribution < -0.4 is 5.32 Å². The summed E-state index contributed by atoms with van der Waals surface area (Å²) in [4.78, 5) is 0. The van der Waals surface area contributed by atoms with Gasteiger partial charge in [0.2, 0.25) is 0 Å². The summed E-state index contributed by atoms with van der Waals surface area (Å²) in [5, 5.41) is 15.5. The van der Waals surface area contributed by atoms with Crippen LogP contribution in [-0.4, -0.2) is 30.4 Å². The third-order valence-electron chi connectivity index (χ3n) is 5.88. The Kier molecular flexibility index (Phi) is 5.30. The summed E-state index contributed by atoms with van der Waals surface area (Å²) in [6, 6.07) is 5.20. The van der Waals surface area contributed by atoms with Gasteiger partial charge in [0.15, 0.2) is 0 Å². The van der Waals surface area contributed by atoms with E-state index in [-0.39, 0.29) is 12.1 Å². The predicted octanol–water partition coefficient (Wildman–Crippen LogP) is 4.40. The fourth-order valence-corrected chi connectivity index (χ4v) is 4.61. The van der Waals surface area contributed by atoms with Crippen LogP contribution >= 0.6 is 0 Å². The SMILES string of the molecule is CC(C)c1cc(C(C)C)c(C2(O)CC3COCC(C2)N3)c(C(C)C)c1. The highest BCUT2D eigenvalue weighted by Crippen LogP contribution is 2.44. The van der Waals surface area contributed by atoms with Crippen molar-refractivity contribution in [1.29, 1.82) is 0 Å². The van der Waals surface area contributed by atoms with Crippen molar-refractivity contribution in [3.8, 4) is 0 Å². The van der Waals surface area contributed by atoms with E-state index in [1.165, 1.54) is 22.3 Å².